The number of aromatic nitrogens is 1. The van der Waals surface area contributed by atoms with E-state index in [0.29, 0.717) is 36.9 Å². The Balaban J connectivity index is 0.00000210. The maximum absolute atomic E-state index is 12.7. The number of rotatable bonds is 3. The van der Waals surface area contributed by atoms with Gasteiger partial charge in [-0.2, -0.15) is 0 Å². The molecule has 4 rings (SSSR count). The topological polar surface area (TPSA) is 54.5 Å². The van der Waals surface area contributed by atoms with Crippen LogP contribution in [-0.4, -0.2) is 42.1 Å². The van der Waals surface area contributed by atoms with E-state index in [1.54, 1.807) is 6.20 Å². The second-order valence-corrected chi connectivity index (χ2v) is 6.57. The smallest absolute Gasteiger partial charge is 0.254 e. The molecule has 2 aromatic carbocycles. The lowest BCUT2D eigenvalue weighted by Crippen LogP contribution is -2.40. The molecule has 0 spiro atoms. The van der Waals surface area contributed by atoms with E-state index in [1.807, 2.05) is 53.4 Å². The monoisotopic (exact) mass is 403 g/mol. The fraction of sp³-hybridized carbons (Fsp3) is 0.200. The van der Waals surface area contributed by atoms with E-state index in [9.17, 15) is 4.79 Å². The number of halogens is 2. The first-order chi connectivity index (χ1) is 12.7. The molecule has 1 amide bonds. The Kier molecular flexibility index (Phi) is 6.16. The minimum atomic E-state index is 0. The number of fused-ring (bicyclic) bond motifs is 1. The van der Waals surface area contributed by atoms with Crippen molar-refractivity contribution in [2.75, 3.05) is 31.6 Å². The molecular formula is C20H19Cl2N3O2. The fourth-order valence-corrected chi connectivity index (χ4v) is 3.23. The summed E-state index contributed by atoms with van der Waals surface area (Å²) in [5, 5.41) is 5.01. The normalized spacial score (nSPS) is 13.9. The van der Waals surface area contributed by atoms with Crippen LogP contribution >= 0.6 is 24.0 Å². The molecule has 7 heteroatoms. The molecule has 1 aromatic heterocycles. The van der Waals surface area contributed by atoms with Crippen LogP contribution in [0.15, 0.2) is 54.7 Å². The number of hydrogen-bond donors (Lipinski definition) is 1. The first-order valence-corrected chi connectivity index (χ1v) is 8.87. The van der Waals surface area contributed by atoms with Gasteiger partial charge in [0, 0.05) is 46.6 Å². The Morgan fingerprint density at radius 2 is 1.93 bits per heavy atom. The van der Waals surface area contributed by atoms with Crippen LogP contribution in [0.3, 0.4) is 0 Å². The lowest BCUT2D eigenvalue weighted by Gasteiger charge is -2.27. The third-order valence-electron chi connectivity index (χ3n) is 4.39. The lowest BCUT2D eigenvalue weighted by atomic mass is 10.1. The molecule has 1 aliphatic rings. The summed E-state index contributed by atoms with van der Waals surface area (Å²) in [7, 11) is 0. The summed E-state index contributed by atoms with van der Waals surface area (Å²) in [6, 6.07) is 15.1. The van der Waals surface area contributed by atoms with Gasteiger partial charge in [0.2, 0.25) is 0 Å². The van der Waals surface area contributed by atoms with Gasteiger partial charge in [-0.15, -0.1) is 12.4 Å². The third-order valence-corrected chi connectivity index (χ3v) is 4.63. The Labute approximate surface area is 168 Å². The first kappa shape index (κ1) is 19.4. The molecule has 0 aliphatic carbocycles. The highest BCUT2D eigenvalue weighted by molar-refractivity contribution is 6.31. The molecule has 1 N–H and O–H groups in total. The van der Waals surface area contributed by atoms with Crippen molar-refractivity contribution in [3.8, 4) is 0 Å². The van der Waals surface area contributed by atoms with Crippen molar-refractivity contribution >= 4 is 52.2 Å². The van der Waals surface area contributed by atoms with Crippen molar-refractivity contribution in [3.63, 3.8) is 0 Å². The van der Waals surface area contributed by atoms with E-state index in [-0.39, 0.29) is 18.3 Å². The summed E-state index contributed by atoms with van der Waals surface area (Å²) < 4.78 is 5.32. The van der Waals surface area contributed by atoms with E-state index in [0.717, 1.165) is 22.3 Å². The minimum Gasteiger partial charge on any atom is -0.378 e. The fourth-order valence-electron chi connectivity index (χ4n) is 3.06. The van der Waals surface area contributed by atoms with E-state index in [2.05, 4.69) is 10.3 Å². The van der Waals surface area contributed by atoms with Crippen molar-refractivity contribution in [2.24, 2.45) is 0 Å². The molecule has 1 fully saturated rings. The van der Waals surface area contributed by atoms with Gasteiger partial charge in [-0.25, -0.2) is 0 Å². The molecule has 140 valence electrons. The Bertz CT molecular complexity index is 959. The van der Waals surface area contributed by atoms with Crippen LogP contribution in [-0.2, 0) is 4.74 Å². The van der Waals surface area contributed by atoms with E-state index >= 15 is 0 Å². The molecule has 27 heavy (non-hydrogen) atoms. The van der Waals surface area contributed by atoms with Gasteiger partial charge >= 0.3 is 0 Å². The van der Waals surface area contributed by atoms with Gasteiger partial charge in [0.1, 0.15) is 0 Å². The van der Waals surface area contributed by atoms with Crippen LogP contribution in [0.25, 0.3) is 10.9 Å². The van der Waals surface area contributed by atoms with Gasteiger partial charge < -0.3 is 15.0 Å². The van der Waals surface area contributed by atoms with Crippen LogP contribution in [0.4, 0.5) is 11.4 Å². The van der Waals surface area contributed by atoms with Gasteiger partial charge in [-0.1, -0.05) is 17.7 Å². The second-order valence-electron chi connectivity index (χ2n) is 6.13. The summed E-state index contributed by atoms with van der Waals surface area (Å²) >= 11 is 6.05. The zero-order valence-corrected chi connectivity index (χ0v) is 16.1. The molecular weight excluding hydrogens is 385 g/mol. The van der Waals surface area contributed by atoms with Gasteiger partial charge in [0.15, 0.2) is 0 Å². The van der Waals surface area contributed by atoms with Crippen LogP contribution in [0.5, 0.6) is 0 Å². The summed E-state index contributed by atoms with van der Waals surface area (Å²) in [6.07, 6.45) is 1.74. The average molecular weight is 404 g/mol. The number of hydrogen-bond acceptors (Lipinski definition) is 4. The van der Waals surface area contributed by atoms with Gasteiger partial charge in [-0.3, -0.25) is 9.78 Å². The zero-order chi connectivity index (χ0) is 17.9. The number of carbonyl (C=O) groups is 1. The summed E-state index contributed by atoms with van der Waals surface area (Å²) in [4.78, 5) is 18.9. The average Bonchev–Trinajstić information content (AvgIpc) is 2.68. The Morgan fingerprint density at radius 3 is 2.74 bits per heavy atom. The molecule has 0 saturated carbocycles. The highest BCUT2D eigenvalue weighted by atomic mass is 35.5. The van der Waals surface area contributed by atoms with E-state index in [1.165, 1.54) is 0 Å². The largest absolute Gasteiger partial charge is 0.378 e. The van der Waals surface area contributed by atoms with Crippen LogP contribution < -0.4 is 5.32 Å². The molecule has 0 radical (unpaired) electrons. The number of benzene rings is 2. The number of morpholine rings is 1. The maximum atomic E-state index is 12.7. The molecule has 0 atom stereocenters. The van der Waals surface area contributed by atoms with Crippen molar-refractivity contribution in [3.05, 3.63) is 65.3 Å². The molecule has 2 heterocycles. The SMILES string of the molecule is Cl.O=C(c1cccc(Nc2ccnc3cc(Cl)ccc23)c1)N1CCOCC1. The number of ether oxygens (including phenoxy) is 1. The highest BCUT2D eigenvalue weighted by Crippen LogP contribution is 2.27. The molecule has 1 aliphatic heterocycles. The van der Waals surface area contributed by atoms with Crippen molar-refractivity contribution in [1.82, 2.24) is 9.88 Å². The van der Waals surface area contributed by atoms with Crippen LogP contribution in [0.1, 0.15) is 10.4 Å². The number of nitrogens with zero attached hydrogens (tertiary/aromatic N) is 2. The van der Waals surface area contributed by atoms with Gasteiger partial charge in [-0.05, 0) is 42.5 Å². The quantitative estimate of drug-likeness (QED) is 0.697. The molecule has 0 unspecified atom stereocenters. The van der Waals surface area contributed by atoms with Crippen LogP contribution in [0, 0.1) is 0 Å². The standard InChI is InChI=1S/C20H18ClN3O2.ClH/c21-15-4-5-17-18(6-7-22-19(17)13-15)23-16-3-1-2-14(12-16)20(25)24-8-10-26-11-9-24;/h1-7,12-13H,8-11H2,(H,22,23);1H. The maximum Gasteiger partial charge on any atom is 0.254 e. The third kappa shape index (κ3) is 4.33. The minimum absolute atomic E-state index is 0. The number of nitrogens with one attached hydrogen (secondary N) is 1. The first-order valence-electron chi connectivity index (χ1n) is 8.49. The predicted octanol–water partition coefficient (Wildman–Crippen LogP) is 4.53. The summed E-state index contributed by atoms with van der Waals surface area (Å²) in [5.41, 5.74) is 3.26. The summed E-state index contributed by atoms with van der Waals surface area (Å²) in [5.74, 6) is 0.0309. The van der Waals surface area contributed by atoms with Gasteiger partial charge in [0.25, 0.3) is 5.91 Å². The Morgan fingerprint density at radius 1 is 1.11 bits per heavy atom. The molecule has 0 bridgehead atoms. The van der Waals surface area contributed by atoms with Crippen LogP contribution in [0.2, 0.25) is 5.02 Å². The predicted molar refractivity (Wildman–Crippen MR) is 110 cm³/mol. The second kappa shape index (κ2) is 8.57. The zero-order valence-electron chi connectivity index (χ0n) is 14.5. The number of anilines is 2. The lowest BCUT2D eigenvalue weighted by molar-refractivity contribution is 0.0303. The van der Waals surface area contributed by atoms with Crippen molar-refractivity contribution < 1.29 is 9.53 Å². The van der Waals surface area contributed by atoms with Crippen molar-refractivity contribution in [1.29, 1.82) is 0 Å². The molecule has 5 nitrogen and oxygen atoms in total. The molecule has 1 saturated heterocycles. The highest BCUT2D eigenvalue weighted by Gasteiger charge is 2.18. The molecule has 3 aromatic rings. The summed E-state index contributed by atoms with van der Waals surface area (Å²) in [6.45, 7) is 2.45. The van der Waals surface area contributed by atoms with E-state index in [4.69, 9.17) is 16.3 Å². The number of amides is 1. The van der Waals surface area contributed by atoms with E-state index < -0.39 is 0 Å². The number of pyridine rings is 1. The Hall–Kier alpha value is -2.34. The number of carbonyl (C=O) groups excluding carboxylic acids is 1. The van der Waals surface area contributed by atoms with Crippen molar-refractivity contribution in [2.45, 2.75) is 0 Å². The van der Waals surface area contributed by atoms with Gasteiger partial charge in [0.05, 0.1) is 18.7 Å².